The summed E-state index contributed by atoms with van der Waals surface area (Å²) in [5.41, 5.74) is 4.21. The van der Waals surface area contributed by atoms with Gasteiger partial charge in [0.05, 0.1) is 6.04 Å². The lowest BCUT2D eigenvalue weighted by molar-refractivity contribution is 0.987. The second-order valence-electron chi connectivity index (χ2n) is 4.74. The third-order valence-corrected chi connectivity index (χ3v) is 3.88. The van der Waals surface area contributed by atoms with Crippen molar-refractivity contribution in [1.82, 2.24) is 0 Å². The summed E-state index contributed by atoms with van der Waals surface area (Å²) < 4.78 is 0. The molecule has 0 aromatic heterocycles. The fraction of sp³-hybridized carbons (Fsp3) is 0.125. The summed E-state index contributed by atoms with van der Waals surface area (Å²) in [5, 5.41) is 2.77. The van der Waals surface area contributed by atoms with Crippen molar-refractivity contribution in [2.45, 2.75) is 6.04 Å². The van der Waals surface area contributed by atoms with Crippen molar-refractivity contribution in [3.05, 3.63) is 64.5 Å². The summed E-state index contributed by atoms with van der Waals surface area (Å²) in [6.45, 7) is 0. The Kier molecular flexibility index (Phi) is 1.60. The summed E-state index contributed by atoms with van der Waals surface area (Å²) in [6, 6.07) is 17.8. The molecule has 2 aromatic rings. The number of likely N-dealkylation sites (N-methyl/N-ethyl adjacent to an activating group) is 1. The predicted octanol–water partition coefficient (Wildman–Crippen LogP) is 1.50. The highest BCUT2D eigenvalue weighted by molar-refractivity contribution is 5.93. The van der Waals surface area contributed by atoms with Gasteiger partial charge < -0.3 is 4.90 Å². The van der Waals surface area contributed by atoms with Crippen molar-refractivity contribution in [2.24, 2.45) is 0 Å². The third-order valence-electron chi connectivity index (χ3n) is 3.88. The molecule has 17 heavy (non-hydrogen) atoms. The van der Waals surface area contributed by atoms with Gasteiger partial charge in [0.25, 0.3) is 0 Å². The van der Waals surface area contributed by atoms with E-state index in [1.54, 1.807) is 0 Å². The van der Waals surface area contributed by atoms with Crippen LogP contribution in [-0.4, -0.2) is 13.1 Å². The monoisotopic (exact) mass is 219 g/mol. The molecule has 0 amide bonds. The maximum atomic E-state index is 2.37. The van der Waals surface area contributed by atoms with Crippen molar-refractivity contribution < 1.29 is 0 Å². The molecular weight excluding hydrogens is 206 g/mol. The van der Waals surface area contributed by atoms with Gasteiger partial charge in [0.15, 0.2) is 0 Å². The van der Waals surface area contributed by atoms with Crippen molar-refractivity contribution in [1.29, 1.82) is 0 Å². The lowest BCUT2D eigenvalue weighted by atomic mass is 10.0. The van der Waals surface area contributed by atoms with Gasteiger partial charge >= 0.3 is 0 Å². The molecule has 0 saturated carbocycles. The Morgan fingerprint density at radius 3 is 2.65 bits per heavy atom. The van der Waals surface area contributed by atoms with E-state index in [0.29, 0.717) is 6.04 Å². The van der Waals surface area contributed by atoms with Crippen LogP contribution < -0.4 is 15.3 Å². The van der Waals surface area contributed by atoms with Crippen molar-refractivity contribution in [2.75, 3.05) is 11.9 Å². The fourth-order valence-electron chi connectivity index (χ4n) is 3.07. The molecule has 2 aromatic carbocycles. The van der Waals surface area contributed by atoms with E-state index in [2.05, 4.69) is 66.6 Å². The molecule has 0 bridgehead atoms. The Hall–Kier alpha value is -2.02. The highest BCUT2D eigenvalue weighted by atomic mass is 15.2. The first-order valence-electron chi connectivity index (χ1n) is 5.99. The molecule has 0 radical (unpaired) electrons. The molecule has 1 unspecified atom stereocenters. The minimum Gasteiger partial charge on any atom is -0.363 e. The fourth-order valence-corrected chi connectivity index (χ4v) is 3.07. The lowest BCUT2D eigenvalue weighted by Gasteiger charge is -2.18. The second kappa shape index (κ2) is 3.01. The number of hydrogen-bond donors (Lipinski definition) is 0. The molecule has 1 heterocycles. The van der Waals surface area contributed by atoms with E-state index >= 15 is 0 Å². The van der Waals surface area contributed by atoms with Crippen LogP contribution in [-0.2, 0) is 0 Å². The van der Waals surface area contributed by atoms with Gasteiger partial charge in [0.1, 0.15) is 0 Å². The minimum atomic E-state index is 0.421. The average Bonchev–Trinajstić information content (AvgIpc) is 2.88. The SMILES string of the molecule is CN1c2ccccc2C2=c3ccccc3=CC21. The van der Waals surface area contributed by atoms with Gasteiger partial charge in [-0.15, -0.1) is 0 Å². The van der Waals surface area contributed by atoms with E-state index in [-0.39, 0.29) is 0 Å². The molecule has 0 fully saturated rings. The molecule has 4 rings (SSSR count). The zero-order chi connectivity index (χ0) is 11.4. The van der Waals surface area contributed by atoms with Crippen LogP contribution in [0.1, 0.15) is 5.56 Å². The van der Waals surface area contributed by atoms with Gasteiger partial charge in [-0.2, -0.15) is 0 Å². The Balaban J connectivity index is 2.17. The van der Waals surface area contributed by atoms with E-state index in [1.165, 1.54) is 27.3 Å². The van der Waals surface area contributed by atoms with Crippen LogP contribution in [0.5, 0.6) is 0 Å². The van der Waals surface area contributed by atoms with E-state index < -0.39 is 0 Å². The van der Waals surface area contributed by atoms with Crippen LogP contribution in [0.25, 0.3) is 11.6 Å². The van der Waals surface area contributed by atoms with Gasteiger partial charge in [0, 0.05) is 18.3 Å². The van der Waals surface area contributed by atoms with Crippen LogP contribution in [0.2, 0.25) is 0 Å². The van der Waals surface area contributed by atoms with Gasteiger partial charge in [-0.3, -0.25) is 0 Å². The van der Waals surface area contributed by atoms with Gasteiger partial charge in [-0.25, -0.2) is 0 Å². The topological polar surface area (TPSA) is 3.24 Å². The predicted molar refractivity (Wildman–Crippen MR) is 71.3 cm³/mol. The van der Waals surface area contributed by atoms with Gasteiger partial charge in [-0.05, 0) is 28.2 Å². The maximum absolute atomic E-state index is 2.37. The standard InChI is InChI=1S/C16H13N/c1-17-14-9-5-4-8-13(14)16-12-7-3-2-6-11(12)10-15(16)17/h2-10,15H,1H3. The van der Waals surface area contributed by atoms with Gasteiger partial charge in [-0.1, -0.05) is 42.5 Å². The number of rotatable bonds is 0. The van der Waals surface area contributed by atoms with Crippen molar-refractivity contribution >= 4 is 17.3 Å². The van der Waals surface area contributed by atoms with Crippen LogP contribution in [0, 0.1) is 0 Å². The summed E-state index contributed by atoms with van der Waals surface area (Å²) in [5.74, 6) is 0. The molecule has 1 aliphatic heterocycles. The molecule has 1 atom stereocenters. The minimum absolute atomic E-state index is 0.421. The number of fused-ring (bicyclic) bond motifs is 4. The quantitative estimate of drug-likeness (QED) is 0.649. The molecule has 1 heteroatoms. The Bertz CT molecular complexity index is 727. The smallest absolute Gasteiger partial charge is 0.0745 e. The Morgan fingerprint density at radius 2 is 1.71 bits per heavy atom. The van der Waals surface area contributed by atoms with Gasteiger partial charge in [0.2, 0.25) is 0 Å². The maximum Gasteiger partial charge on any atom is 0.0745 e. The number of anilines is 1. The van der Waals surface area contributed by atoms with E-state index in [4.69, 9.17) is 0 Å². The summed E-state index contributed by atoms with van der Waals surface area (Å²) in [4.78, 5) is 2.37. The highest BCUT2D eigenvalue weighted by Gasteiger charge is 2.32. The number of hydrogen-bond acceptors (Lipinski definition) is 1. The molecule has 1 aliphatic carbocycles. The first-order valence-corrected chi connectivity index (χ1v) is 5.99. The van der Waals surface area contributed by atoms with Crippen LogP contribution >= 0.6 is 0 Å². The summed E-state index contributed by atoms with van der Waals surface area (Å²) >= 11 is 0. The number of para-hydroxylation sites is 1. The van der Waals surface area contributed by atoms with Crippen LogP contribution in [0.4, 0.5) is 5.69 Å². The summed E-state index contributed by atoms with van der Waals surface area (Å²) in [7, 11) is 2.18. The van der Waals surface area contributed by atoms with Crippen LogP contribution in [0.3, 0.4) is 0 Å². The van der Waals surface area contributed by atoms with E-state index in [1.807, 2.05) is 0 Å². The molecule has 0 saturated heterocycles. The first-order chi connectivity index (χ1) is 8.36. The van der Waals surface area contributed by atoms with E-state index in [9.17, 15) is 0 Å². The third kappa shape index (κ3) is 1.04. The Morgan fingerprint density at radius 1 is 0.941 bits per heavy atom. The normalized spacial score (nSPS) is 19.7. The zero-order valence-corrected chi connectivity index (χ0v) is 9.72. The molecule has 2 aliphatic rings. The van der Waals surface area contributed by atoms with Crippen LogP contribution in [0.15, 0.2) is 48.5 Å². The second-order valence-corrected chi connectivity index (χ2v) is 4.74. The zero-order valence-electron chi connectivity index (χ0n) is 9.72. The molecule has 0 spiro atoms. The van der Waals surface area contributed by atoms with Crippen molar-refractivity contribution in [3.8, 4) is 0 Å². The number of nitrogens with zero attached hydrogens (tertiary/aromatic N) is 1. The Labute approximate surface area is 100 Å². The molecular formula is C16H13N. The largest absolute Gasteiger partial charge is 0.363 e. The lowest BCUT2D eigenvalue weighted by Crippen LogP contribution is -2.24. The van der Waals surface area contributed by atoms with E-state index in [0.717, 1.165) is 0 Å². The molecule has 0 N–H and O–H groups in total. The summed E-state index contributed by atoms with van der Waals surface area (Å²) in [6.07, 6.45) is 2.37. The highest BCUT2D eigenvalue weighted by Crippen LogP contribution is 2.38. The number of benzene rings is 2. The molecule has 1 nitrogen and oxygen atoms in total. The average molecular weight is 219 g/mol. The van der Waals surface area contributed by atoms with Crippen molar-refractivity contribution in [3.63, 3.8) is 0 Å². The first kappa shape index (κ1) is 9.06. The molecule has 82 valence electrons.